The second kappa shape index (κ2) is 7.73. The third-order valence-electron chi connectivity index (χ3n) is 5.44. The van der Waals surface area contributed by atoms with Crippen LogP contribution in [-0.2, 0) is 14.8 Å². The average Bonchev–Trinajstić information content (AvgIpc) is 3.20. The monoisotopic (exact) mass is 445 g/mol. The number of hydroxylamine groups is 1. The van der Waals surface area contributed by atoms with Crippen LogP contribution < -0.4 is 5.48 Å². The van der Waals surface area contributed by atoms with Crippen LogP contribution in [0.15, 0.2) is 59.6 Å². The van der Waals surface area contributed by atoms with Gasteiger partial charge in [0.05, 0.1) is 4.90 Å². The fraction of sp³-hybridized carbons (Fsp3) is 0.286. The predicted molar refractivity (Wildman–Crippen MR) is 118 cm³/mol. The fourth-order valence-corrected chi connectivity index (χ4v) is 7.02. The molecule has 9 heteroatoms. The van der Waals surface area contributed by atoms with E-state index in [0.29, 0.717) is 5.75 Å². The summed E-state index contributed by atoms with van der Waals surface area (Å²) in [5.41, 5.74) is 4.55. The maximum absolute atomic E-state index is 13.3. The van der Waals surface area contributed by atoms with Gasteiger partial charge in [-0.2, -0.15) is 16.1 Å². The fourth-order valence-electron chi connectivity index (χ4n) is 3.91. The number of hydrogen-bond donors (Lipinski definition) is 3. The Morgan fingerprint density at radius 2 is 1.87 bits per heavy atom. The number of nitrogens with one attached hydrogen (secondary N) is 2. The Labute approximate surface area is 179 Å². The van der Waals surface area contributed by atoms with E-state index in [0.717, 1.165) is 22.0 Å². The molecule has 1 unspecified atom stereocenters. The molecule has 158 valence electrons. The highest BCUT2D eigenvalue weighted by Crippen LogP contribution is 2.38. The topological polar surface area (TPSA) is 103 Å². The van der Waals surface area contributed by atoms with Crippen LogP contribution in [-0.4, -0.2) is 51.9 Å². The first-order valence-corrected chi connectivity index (χ1v) is 11.9. The van der Waals surface area contributed by atoms with Crippen LogP contribution in [0.25, 0.3) is 22.0 Å². The molecular weight excluding hydrogens is 422 g/mol. The van der Waals surface area contributed by atoms with Crippen LogP contribution >= 0.6 is 11.8 Å². The summed E-state index contributed by atoms with van der Waals surface area (Å²) in [6.45, 7) is 3.80. The Kier molecular flexibility index (Phi) is 5.39. The lowest BCUT2D eigenvalue weighted by Gasteiger charge is -2.43. The summed E-state index contributed by atoms with van der Waals surface area (Å²) < 4.78 is 27.2. The molecule has 3 N–H and O–H groups in total. The summed E-state index contributed by atoms with van der Waals surface area (Å²) in [4.78, 5) is 15.6. The highest BCUT2D eigenvalue weighted by Gasteiger charge is 2.48. The van der Waals surface area contributed by atoms with Gasteiger partial charge in [0, 0.05) is 28.8 Å². The number of rotatable bonds is 4. The molecule has 1 atom stereocenters. The van der Waals surface area contributed by atoms with Gasteiger partial charge >= 0.3 is 0 Å². The van der Waals surface area contributed by atoms with Gasteiger partial charge in [-0.25, -0.2) is 13.9 Å². The minimum Gasteiger partial charge on any atom is -0.361 e. The quantitative estimate of drug-likeness (QED) is 0.423. The highest BCUT2D eigenvalue weighted by molar-refractivity contribution is 8.00. The van der Waals surface area contributed by atoms with E-state index in [-0.39, 0.29) is 11.4 Å². The average molecular weight is 446 g/mol. The van der Waals surface area contributed by atoms with Crippen molar-refractivity contribution in [2.24, 2.45) is 0 Å². The summed E-state index contributed by atoms with van der Waals surface area (Å²) in [5, 5.41) is 10.2. The van der Waals surface area contributed by atoms with E-state index in [1.165, 1.54) is 16.1 Å². The van der Waals surface area contributed by atoms with Gasteiger partial charge in [0.25, 0.3) is 5.91 Å². The zero-order chi connectivity index (χ0) is 21.5. The number of hydrogen-bond acceptors (Lipinski definition) is 5. The zero-order valence-electron chi connectivity index (χ0n) is 16.6. The number of amides is 1. The second-order valence-corrected chi connectivity index (χ2v) is 11.4. The molecular formula is C21H23N3O4S2. The molecule has 0 bridgehead atoms. The summed E-state index contributed by atoms with van der Waals surface area (Å²) in [6, 6.07) is 13.7. The van der Waals surface area contributed by atoms with E-state index in [1.54, 1.807) is 43.6 Å². The first-order valence-electron chi connectivity index (χ1n) is 9.51. The van der Waals surface area contributed by atoms with Crippen molar-refractivity contribution in [3.8, 4) is 11.1 Å². The molecule has 2 aromatic carbocycles. The minimum atomic E-state index is -3.92. The number of carbonyl (C=O) groups is 1. The smallest absolute Gasteiger partial charge is 0.263 e. The number of aromatic amines is 1. The lowest BCUT2D eigenvalue weighted by atomic mass is 10.0. The van der Waals surface area contributed by atoms with Crippen molar-refractivity contribution in [2.75, 3.05) is 12.3 Å². The molecule has 30 heavy (non-hydrogen) atoms. The number of carbonyl (C=O) groups excluding carboxylic acids is 1. The van der Waals surface area contributed by atoms with E-state index in [9.17, 15) is 13.2 Å². The summed E-state index contributed by atoms with van der Waals surface area (Å²) >= 11 is 1.51. The van der Waals surface area contributed by atoms with Crippen molar-refractivity contribution in [3.63, 3.8) is 0 Å². The maximum Gasteiger partial charge on any atom is 0.263 e. The maximum atomic E-state index is 13.3. The SMILES string of the molecule is CC1(C)SCCN(S(=O)(=O)c2ccc(-c3ccc4[nH]ccc4c3)cc2)C1C(=O)NO. The van der Waals surface area contributed by atoms with Crippen molar-refractivity contribution in [1.29, 1.82) is 0 Å². The van der Waals surface area contributed by atoms with E-state index < -0.39 is 26.7 Å². The Morgan fingerprint density at radius 3 is 2.57 bits per heavy atom. The van der Waals surface area contributed by atoms with Gasteiger partial charge in [-0.05, 0) is 60.7 Å². The Balaban J connectivity index is 1.67. The molecule has 7 nitrogen and oxygen atoms in total. The van der Waals surface area contributed by atoms with Crippen LogP contribution in [0, 0.1) is 0 Å². The van der Waals surface area contributed by atoms with Gasteiger partial charge in [0.15, 0.2) is 0 Å². The van der Waals surface area contributed by atoms with Crippen molar-refractivity contribution in [3.05, 3.63) is 54.7 Å². The van der Waals surface area contributed by atoms with E-state index in [4.69, 9.17) is 5.21 Å². The van der Waals surface area contributed by atoms with Gasteiger partial charge in [0.2, 0.25) is 10.0 Å². The predicted octanol–water partition coefficient (Wildman–Crippen LogP) is 3.23. The van der Waals surface area contributed by atoms with Crippen LogP contribution in [0.1, 0.15) is 13.8 Å². The number of sulfonamides is 1. The molecule has 3 aromatic rings. The van der Waals surface area contributed by atoms with E-state index >= 15 is 0 Å². The first-order chi connectivity index (χ1) is 14.2. The lowest BCUT2D eigenvalue weighted by molar-refractivity contribution is -0.134. The van der Waals surface area contributed by atoms with Crippen molar-refractivity contribution >= 4 is 38.6 Å². The van der Waals surface area contributed by atoms with Gasteiger partial charge in [-0.15, -0.1) is 0 Å². The van der Waals surface area contributed by atoms with Gasteiger partial charge in [0.1, 0.15) is 6.04 Å². The number of aromatic nitrogens is 1. The third kappa shape index (κ3) is 3.62. The number of H-pyrrole nitrogens is 1. The normalized spacial score (nSPS) is 19.6. The van der Waals surface area contributed by atoms with Crippen molar-refractivity contribution in [2.45, 2.75) is 29.5 Å². The molecule has 1 amide bonds. The Hall–Kier alpha value is -2.33. The molecule has 1 fully saturated rings. The molecule has 1 aliphatic rings. The first kappa shape index (κ1) is 20.9. The molecule has 0 radical (unpaired) electrons. The molecule has 1 saturated heterocycles. The largest absolute Gasteiger partial charge is 0.361 e. The van der Waals surface area contributed by atoms with Crippen molar-refractivity contribution < 1.29 is 18.4 Å². The van der Waals surface area contributed by atoms with Crippen molar-refractivity contribution in [1.82, 2.24) is 14.8 Å². The molecule has 1 aromatic heterocycles. The van der Waals surface area contributed by atoms with Crippen LogP contribution in [0.2, 0.25) is 0 Å². The minimum absolute atomic E-state index is 0.118. The summed E-state index contributed by atoms with van der Waals surface area (Å²) in [7, 11) is -3.92. The summed E-state index contributed by atoms with van der Waals surface area (Å²) in [6.07, 6.45) is 1.88. The molecule has 0 spiro atoms. The molecule has 4 rings (SSSR count). The van der Waals surface area contributed by atoms with Crippen LogP contribution in [0.3, 0.4) is 0 Å². The number of thioether (sulfide) groups is 1. The van der Waals surface area contributed by atoms with Crippen LogP contribution in [0.4, 0.5) is 0 Å². The molecule has 0 aliphatic carbocycles. The second-order valence-electron chi connectivity index (χ2n) is 7.75. The van der Waals surface area contributed by atoms with Crippen LogP contribution in [0.5, 0.6) is 0 Å². The lowest BCUT2D eigenvalue weighted by Crippen LogP contribution is -2.61. The van der Waals surface area contributed by atoms with Gasteiger partial charge < -0.3 is 4.98 Å². The Morgan fingerprint density at radius 1 is 1.17 bits per heavy atom. The molecule has 1 aliphatic heterocycles. The van der Waals surface area contributed by atoms with Gasteiger partial charge in [-0.1, -0.05) is 18.2 Å². The molecule has 2 heterocycles. The van der Waals surface area contributed by atoms with E-state index in [2.05, 4.69) is 4.98 Å². The standard InChI is InChI=1S/C21H23N3O4S2/c1-21(2)19(20(25)23-26)24(11-12-29-21)30(27,28)17-6-3-14(4-7-17)15-5-8-18-16(13-15)9-10-22-18/h3-10,13,19,22,26H,11-12H2,1-2H3,(H,23,25). The third-order valence-corrected chi connectivity index (χ3v) is 8.67. The number of fused-ring (bicyclic) bond motifs is 1. The highest BCUT2D eigenvalue weighted by atomic mass is 32.2. The molecule has 0 saturated carbocycles. The number of benzene rings is 2. The van der Waals surface area contributed by atoms with E-state index in [1.807, 2.05) is 30.5 Å². The van der Waals surface area contributed by atoms with Gasteiger partial charge in [-0.3, -0.25) is 10.0 Å². The Bertz CT molecular complexity index is 1190. The number of nitrogens with zero attached hydrogens (tertiary/aromatic N) is 1. The summed E-state index contributed by atoms with van der Waals surface area (Å²) in [5.74, 6) is -0.164. The zero-order valence-corrected chi connectivity index (χ0v) is 18.3.